The average molecular weight is 431 g/mol. The van der Waals surface area contributed by atoms with Crippen LogP contribution in [0.4, 0.5) is 0 Å². The first kappa shape index (κ1) is 29.8. The fourth-order valence-corrected chi connectivity index (χ4v) is 5.03. The number of unbranched alkanes of at least 4 members (excludes halogenated alkanes) is 15. The summed E-state index contributed by atoms with van der Waals surface area (Å²) in [7, 11) is 4.97. The van der Waals surface area contributed by atoms with Crippen molar-refractivity contribution in [3.05, 3.63) is 0 Å². The Kier molecular flexibility index (Phi) is 21.9. The first-order chi connectivity index (χ1) is 14.6. The van der Waals surface area contributed by atoms with E-state index in [0.717, 1.165) is 6.04 Å². The lowest BCUT2D eigenvalue weighted by molar-refractivity contribution is -0.916. The van der Waals surface area contributed by atoms with E-state index in [2.05, 4.69) is 26.1 Å². The van der Waals surface area contributed by atoms with Gasteiger partial charge in [-0.25, -0.2) is 10.5 Å². The van der Waals surface area contributed by atoms with Gasteiger partial charge in [-0.2, -0.15) is 0 Å². The summed E-state index contributed by atoms with van der Waals surface area (Å²) in [6.07, 6.45) is 30.9. The minimum atomic E-state index is 0.954. The predicted molar refractivity (Wildman–Crippen MR) is 130 cm³/mol. The van der Waals surface area contributed by atoms with Crippen molar-refractivity contribution in [2.75, 3.05) is 20.6 Å². The van der Waals surface area contributed by atoms with Gasteiger partial charge in [-0.1, -0.05) is 108 Å². The fraction of sp³-hybridized carbons (Fsp3) is 1.00. The number of hydrogen-bond donors (Lipinski definition) is 2. The molecule has 4 heteroatoms. The highest BCUT2D eigenvalue weighted by molar-refractivity contribution is 4.66. The lowest BCUT2D eigenvalue weighted by Crippen LogP contribution is -2.50. The molecule has 0 aromatic heterocycles. The molecule has 0 radical (unpaired) electrons. The number of rotatable bonds is 18. The van der Waals surface area contributed by atoms with Gasteiger partial charge in [0, 0.05) is 0 Å². The van der Waals surface area contributed by atoms with Gasteiger partial charge in [0.2, 0.25) is 0 Å². The molecule has 1 aliphatic rings. The van der Waals surface area contributed by atoms with Crippen LogP contribution in [-0.4, -0.2) is 41.7 Å². The van der Waals surface area contributed by atoms with Gasteiger partial charge in [-0.05, 0) is 38.5 Å². The summed E-state index contributed by atoms with van der Waals surface area (Å²) >= 11 is 0. The van der Waals surface area contributed by atoms with Gasteiger partial charge >= 0.3 is 0 Å². The van der Waals surface area contributed by atoms with E-state index in [-0.39, 0.29) is 0 Å². The minimum Gasteiger partial charge on any atom is -0.326 e. The molecule has 1 saturated carbocycles. The largest absolute Gasteiger partial charge is 0.326 e. The lowest BCUT2D eigenvalue weighted by atomic mass is 9.93. The Bertz CT molecular complexity index is 330. The Labute approximate surface area is 188 Å². The molecule has 0 atom stereocenters. The normalized spacial score (nSPS) is 15.1. The van der Waals surface area contributed by atoms with Gasteiger partial charge in [0.25, 0.3) is 0 Å². The third kappa shape index (κ3) is 18.6. The van der Waals surface area contributed by atoms with Crippen molar-refractivity contribution in [1.82, 2.24) is 0 Å². The average Bonchev–Trinajstić information content (AvgIpc) is 2.74. The van der Waals surface area contributed by atoms with Crippen LogP contribution in [0, 0.1) is 0 Å². The molecule has 0 saturated heterocycles. The molecule has 0 heterocycles. The zero-order valence-corrected chi connectivity index (χ0v) is 20.9. The highest BCUT2D eigenvalue weighted by Gasteiger charge is 2.28. The van der Waals surface area contributed by atoms with Gasteiger partial charge in [0.1, 0.15) is 0 Å². The molecular formula is C26H56NO3+. The molecule has 0 aliphatic heterocycles. The Balaban J connectivity index is 0.00000263. The van der Waals surface area contributed by atoms with Crippen molar-refractivity contribution in [3.63, 3.8) is 0 Å². The van der Waals surface area contributed by atoms with E-state index in [1.54, 1.807) is 0 Å². The third-order valence-electron chi connectivity index (χ3n) is 7.15. The third-order valence-corrected chi connectivity index (χ3v) is 7.15. The highest BCUT2D eigenvalue weighted by atomic mass is 17.4. The van der Waals surface area contributed by atoms with Crippen LogP contribution >= 0.6 is 0 Å². The van der Waals surface area contributed by atoms with Crippen molar-refractivity contribution in [1.29, 1.82) is 0 Å². The second-order valence-electron chi connectivity index (χ2n) is 10.2. The maximum atomic E-state index is 6.62. The summed E-state index contributed by atoms with van der Waals surface area (Å²) in [6, 6.07) is 0.954. The van der Waals surface area contributed by atoms with E-state index >= 15 is 0 Å². The Morgan fingerprint density at radius 1 is 0.600 bits per heavy atom. The Morgan fingerprint density at radius 2 is 0.933 bits per heavy atom. The molecule has 1 rings (SSSR count). The summed E-state index contributed by atoms with van der Waals surface area (Å²) in [5.41, 5.74) is 0. The van der Waals surface area contributed by atoms with Gasteiger partial charge in [-0.3, -0.25) is 0 Å². The molecule has 0 aromatic rings. The maximum absolute atomic E-state index is 6.62. The van der Waals surface area contributed by atoms with Crippen molar-refractivity contribution in [2.24, 2.45) is 0 Å². The van der Waals surface area contributed by atoms with Crippen LogP contribution in [0.5, 0.6) is 0 Å². The standard InChI is InChI=1S/C26H54N.H2O3/c1-4-5-6-7-8-9-10-11-12-13-14-15-16-17-18-22-25-27(2,3)26-23-20-19-21-24-26;1-3-2/h26H,4-25H2,1-3H3;1-2H/q+1;. The van der Waals surface area contributed by atoms with E-state index < -0.39 is 0 Å². The monoisotopic (exact) mass is 430 g/mol. The lowest BCUT2D eigenvalue weighted by Gasteiger charge is -2.40. The molecule has 0 bridgehead atoms. The summed E-state index contributed by atoms with van der Waals surface area (Å²) in [6.45, 7) is 3.71. The maximum Gasteiger partial charge on any atom is 0.0886 e. The molecule has 0 amide bonds. The molecule has 1 aliphatic carbocycles. The van der Waals surface area contributed by atoms with Crippen LogP contribution in [-0.2, 0) is 5.04 Å². The van der Waals surface area contributed by atoms with Crippen molar-refractivity contribution >= 4 is 0 Å². The molecule has 30 heavy (non-hydrogen) atoms. The smallest absolute Gasteiger partial charge is 0.0886 e. The van der Waals surface area contributed by atoms with E-state index in [0.29, 0.717) is 0 Å². The molecule has 182 valence electrons. The zero-order valence-electron chi connectivity index (χ0n) is 20.9. The van der Waals surface area contributed by atoms with Gasteiger partial charge < -0.3 is 4.48 Å². The number of nitrogens with zero attached hydrogens (tertiary/aromatic N) is 1. The topological polar surface area (TPSA) is 49.7 Å². The molecule has 0 spiro atoms. The second-order valence-corrected chi connectivity index (χ2v) is 10.2. The first-order valence-electron chi connectivity index (χ1n) is 13.4. The Hall–Kier alpha value is -0.160. The fourth-order valence-electron chi connectivity index (χ4n) is 5.03. The Morgan fingerprint density at radius 3 is 1.30 bits per heavy atom. The van der Waals surface area contributed by atoms with Crippen LogP contribution in [0.2, 0.25) is 0 Å². The van der Waals surface area contributed by atoms with Crippen molar-refractivity contribution in [2.45, 2.75) is 148 Å². The van der Waals surface area contributed by atoms with Crippen molar-refractivity contribution in [3.8, 4) is 0 Å². The molecule has 0 unspecified atom stereocenters. The summed E-state index contributed by atoms with van der Waals surface area (Å²) in [5, 5.41) is 15.5. The van der Waals surface area contributed by atoms with Gasteiger partial charge in [-0.15, -0.1) is 0 Å². The minimum absolute atomic E-state index is 0.954. The van der Waals surface area contributed by atoms with E-state index in [1.807, 2.05) is 0 Å². The second kappa shape index (κ2) is 22.0. The SMILES string of the molecule is CCCCCCCCCCCCCCCCCC[N+](C)(C)C1CCCCC1.OOO. The number of hydrogen-bond acceptors (Lipinski definition) is 3. The van der Waals surface area contributed by atoms with Crippen LogP contribution in [0.1, 0.15) is 142 Å². The van der Waals surface area contributed by atoms with Gasteiger partial charge in [0.15, 0.2) is 0 Å². The molecule has 1 fully saturated rings. The first-order valence-corrected chi connectivity index (χ1v) is 13.4. The number of quaternary nitrogens is 1. The van der Waals surface area contributed by atoms with Crippen LogP contribution in [0.25, 0.3) is 0 Å². The molecular weight excluding hydrogens is 374 g/mol. The molecule has 2 N–H and O–H groups in total. The van der Waals surface area contributed by atoms with Gasteiger partial charge in [0.05, 0.1) is 26.7 Å². The summed E-state index contributed by atoms with van der Waals surface area (Å²) in [5.74, 6) is 0. The predicted octanol–water partition coefficient (Wildman–Crippen LogP) is 8.61. The van der Waals surface area contributed by atoms with Crippen molar-refractivity contribution < 1.29 is 20.0 Å². The van der Waals surface area contributed by atoms with E-state index in [9.17, 15) is 0 Å². The van der Waals surface area contributed by atoms with Crippen LogP contribution < -0.4 is 0 Å². The van der Waals surface area contributed by atoms with E-state index in [1.165, 1.54) is 146 Å². The zero-order chi connectivity index (χ0) is 22.3. The van der Waals surface area contributed by atoms with E-state index in [4.69, 9.17) is 10.5 Å². The van der Waals surface area contributed by atoms with Crippen LogP contribution in [0.3, 0.4) is 0 Å². The molecule has 4 nitrogen and oxygen atoms in total. The molecule has 0 aromatic carbocycles. The summed E-state index contributed by atoms with van der Waals surface area (Å²) in [4.78, 5) is 0. The summed E-state index contributed by atoms with van der Waals surface area (Å²) < 4.78 is 1.29. The van der Waals surface area contributed by atoms with Crippen LogP contribution in [0.15, 0.2) is 0 Å². The quantitative estimate of drug-likeness (QED) is 0.0990. The highest BCUT2D eigenvalue weighted by Crippen LogP contribution is 2.26.